The van der Waals surface area contributed by atoms with Gasteiger partial charge in [-0.05, 0) is 60.5 Å². The van der Waals surface area contributed by atoms with Crippen molar-refractivity contribution in [3.05, 3.63) is 59.0 Å². The quantitative estimate of drug-likeness (QED) is 0.693. The molecule has 2 heterocycles. The second-order valence-corrected chi connectivity index (χ2v) is 8.08. The van der Waals surface area contributed by atoms with Crippen LogP contribution in [0.3, 0.4) is 0 Å². The zero-order chi connectivity index (χ0) is 18.9. The number of amides is 1. The van der Waals surface area contributed by atoms with Crippen molar-refractivity contribution in [1.82, 2.24) is 4.90 Å². The van der Waals surface area contributed by atoms with Crippen LogP contribution in [0.1, 0.15) is 31.2 Å². The second-order valence-electron chi connectivity index (χ2n) is 7.07. The highest BCUT2D eigenvalue weighted by atomic mass is 32.2. The van der Waals surface area contributed by atoms with Crippen LogP contribution in [0.4, 0.5) is 5.69 Å². The Hall–Kier alpha value is -2.73. The monoisotopic (exact) mass is 392 g/mol. The first kappa shape index (κ1) is 17.4. The normalized spacial score (nSPS) is 22.0. The van der Waals surface area contributed by atoms with E-state index in [1.54, 1.807) is 0 Å². The smallest absolute Gasteiger partial charge is 0.267 e. The molecule has 1 aliphatic carbocycles. The Morgan fingerprint density at radius 3 is 2.64 bits per heavy atom. The molecule has 0 bridgehead atoms. The van der Waals surface area contributed by atoms with Gasteiger partial charge in [0, 0.05) is 6.04 Å². The molecule has 2 aliphatic heterocycles. The summed E-state index contributed by atoms with van der Waals surface area (Å²) in [6.45, 7) is 0.242. The number of hydrogen-bond donors (Lipinski definition) is 0. The minimum Gasteiger partial charge on any atom is -0.454 e. The van der Waals surface area contributed by atoms with E-state index >= 15 is 0 Å². The first-order chi connectivity index (χ1) is 13.8. The topological polar surface area (TPSA) is 51.1 Å². The van der Waals surface area contributed by atoms with Crippen molar-refractivity contribution in [2.45, 2.75) is 31.7 Å². The molecule has 5 rings (SSSR count). The molecule has 2 aromatic carbocycles. The minimum absolute atomic E-state index is 0.0456. The molecule has 3 aliphatic rings. The van der Waals surface area contributed by atoms with Crippen LogP contribution in [0.25, 0.3) is 6.08 Å². The predicted octanol–water partition coefficient (Wildman–Crippen LogP) is 4.96. The third-order valence-corrected chi connectivity index (χ3v) is 6.19. The Kier molecular flexibility index (Phi) is 4.56. The number of nitrogens with zero attached hydrogens (tertiary/aromatic N) is 2. The van der Waals surface area contributed by atoms with Gasteiger partial charge >= 0.3 is 0 Å². The number of benzene rings is 2. The Balaban J connectivity index is 1.49. The number of amidine groups is 1. The molecule has 2 fully saturated rings. The number of rotatable bonds is 3. The van der Waals surface area contributed by atoms with E-state index in [2.05, 4.69) is 0 Å². The molecule has 2 aromatic rings. The van der Waals surface area contributed by atoms with E-state index in [0.29, 0.717) is 4.91 Å². The number of hydrogen-bond acceptors (Lipinski definition) is 5. The summed E-state index contributed by atoms with van der Waals surface area (Å²) in [6.07, 6.45) is 6.33. The number of aliphatic imine (C=N–C) groups is 1. The molecule has 0 radical (unpaired) electrons. The van der Waals surface area contributed by atoms with E-state index in [-0.39, 0.29) is 18.7 Å². The molecule has 6 heteroatoms. The van der Waals surface area contributed by atoms with Crippen LogP contribution in [0.2, 0.25) is 0 Å². The lowest BCUT2D eigenvalue weighted by atomic mass is 10.1. The summed E-state index contributed by atoms with van der Waals surface area (Å²) in [5.74, 6) is 1.51. The van der Waals surface area contributed by atoms with Gasteiger partial charge in [0.2, 0.25) is 6.79 Å². The molecule has 5 nitrogen and oxygen atoms in total. The summed E-state index contributed by atoms with van der Waals surface area (Å²) in [6, 6.07) is 15.8. The van der Waals surface area contributed by atoms with Gasteiger partial charge in [-0.25, -0.2) is 4.99 Å². The lowest BCUT2D eigenvalue weighted by Gasteiger charge is -2.22. The lowest BCUT2D eigenvalue weighted by Crippen LogP contribution is -2.37. The van der Waals surface area contributed by atoms with E-state index in [1.165, 1.54) is 24.6 Å². The molecule has 1 amide bonds. The fourth-order valence-electron chi connectivity index (χ4n) is 3.82. The summed E-state index contributed by atoms with van der Waals surface area (Å²) in [4.78, 5) is 20.6. The maximum atomic E-state index is 13.2. The molecular formula is C22H20N2O3S. The van der Waals surface area contributed by atoms with Gasteiger partial charge in [0.05, 0.1) is 10.6 Å². The third-order valence-electron chi connectivity index (χ3n) is 5.20. The Labute approximate surface area is 168 Å². The molecule has 0 aromatic heterocycles. The summed E-state index contributed by atoms with van der Waals surface area (Å²) in [7, 11) is 0. The molecule has 1 saturated carbocycles. The molecule has 142 valence electrons. The molecule has 0 N–H and O–H groups in total. The first-order valence-electron chi connectivity index (χ1n) is 9.54. The van der Waals surface area contributed by atoms with Crippen LogP contribution in [-0.2, 0) is 4.79 Å². The fourth-order valence-corrected chi connectivity index (χ4v) is 4.88. The van der Waals surface area contributed by atoms with Crippen LogP contribution in [-0.4, -0.2) is 28.8 Å². The number of para-hydroxylation sites is 1. The van der Waals surface area contributed by atoms with Gasteiger partial charge in [0.25, 0.3) is 5.91 Å². The van der Waals surface area contributed by atoms with Gasteiger partial charge in [-0.15, -0.1) is 0 Å². The molecule has 1 saturated heterocycles. The van der Waals surface area contributed by atoms with Crippen LogP contribution in [0, 0.1) is 0 Å². The average molecular weight is 392 g/mol. The van der Waals surface area contributed by atoms with Crippen molar-refractivity contribution in [3.63, 3.8) is 0 Å². The van der Waals surface area contributed by atoms with Crippen molar-refractivity contribution in [1.29, 1.82) is 0 Å². The minimum atomic E-state index is 0.0456. The molecule has 0 unspecified atom stereocenters. The van der Waals surface area contributed by atoms with E-state index in [1.807, 2.05) is 59.5 Å². The van der Waals surface area contributed by atoms with Crippen molar-refractivity contribution in [2.75, 3.05) is 6.79 Å². The van der Waals surface area contributed by atoms with Crippen LogP contribution in [0.15, 0.2) is 58.4 Å². The van der Waals surface area contributed by atoms with Crippen molar-refractivity contribution < 1.29 is 14.3 Å². The van der Waals surface area contributed by atoms with Gasteiger partial charge in [0.15, 0.2) is 16.7 Å². The number of fused-ring (bicyclic) bond motifs is 1. The zero-order valence-corrected chi connectivity index (χ0v) is 16.2. The van der Waals surface area contributed by atoms with Crippen LogP contribution in [0.5, 0.6) is 11.5 Å². The number of carbonyl (C=O) groups excluding carboxylic acids is 1. The van der Waals surface area contributed by atoms with Gasteiger partial charge < -0.3 is 9.47 Å². The summed E-state index contributed by atoms with van der Waals surface area (Å²) in [5, 5.41) is 0.773. The van der Waals surface area contributed by atoms with Crippen LogP contribution < -0.4 is 9.47 Å². The van der Waals surface area contributed by atoms with Gasteiger partial charge in [0.1, 0.15) is 0 Å². The first-order valence-corrected chi connectivity index (χ1v) is 10.4. The SMILES string of the molecule is O=C1/C(=C\c2ccc3c(c2)OCO3)SC(=Nc2ccccc2)N1C1CCCC1. The van der Waals surface area contributed by atoms with Gasteiger partial charge in [-0.2, -0.15) is 0 Å². The van der Waals surface area contributed by atoms with E-state index in [4.69, 9.17) is 14.5 Å². The van der Waals surface area contributed by atoms with E-state index in [0.717, 1.165) is 40.8 Å². The Morgan fingerprint density at radius 2 is 1.82 bits per heavy atom. The molecular weight excluding hydrogens is 372 g/mol. The zero-order valence-electron chi connectivity index (χ0n) is 15.3. The summed E-state index contributed by atoms with van der Waals surface area (Å²) >= 11 is 1.45. The van der Waals surface area contributed by atoms with E-state index in [9.17, 15) is 4.79 Å². The second kappa shape index (κ2) is 7.36. The van der Waals surface area contributed by atoms with Gasteiger partial charge in [-0.3, -0.25) is 9.69 Å². The van der Waals surface area contributed by atoms with Crippen molar-refractivity contribution >= 4 is 34.6 Å². The molecule has 0 atom stereocenters. The maximum absolute atomic E-state index is 13.2. The highest BCUT2D eigenvalue weighted by Crippen LogP contribution is 2.40. The number of carbonyl (C=O) groups is 1. The molecule has 28 heavy (non-hydrogen) atoms. The highest BCUT2D eigenvalue weighted by molar-refractivity contribution is 8.18. The highest BCUT2D eigenvalue weighted by Gasteiger charge is 2.39. The standard InChI is InChI=1S/C22H20N2O3S/c25-21-20(13-15-10-11-18-19(12-15)27-14-26-18)28-22(23-16-6-2-1-3-7-16)24(21)17-8-4-5-9-17/h1-3,6-7,10-13,17H,4-5,8-9,14H2/b20-13+,23-22?. The third kappa shape index (κ3) is 3.29. The van der Waals surface area contributed by atoms with E-state index < -0.39 is 0 Å². The van der Waals surface area contributed by atoms with Crippen molar-refractivity contribution in [2.24, 2.45) is 4.99 Å². The Bertz CT molecular complexity index is 965. The summed E-state index contributed by atoms with van der Waals surface area (Å²) in [5.41, 5.74) is 1.79. The predicted molar refractivity (Wildman–Crippen MR) is 111 cm³/mol. The fraction of sp³-hybridized carbons (Fsp3) is 0.273. The maximum Gasteiger partial charge on any atom is 0.267 e. The lowest BCUT2D eigenvalue weighted by molar-refractivity contribution is -0.123. The number of thioether (sulfide) groups is 1. The van der Waals surface area contributed by atoms with Crippen LogP contribution >= 0.6 is 11.8 Å². The number of ether oxygens (including phenoxy) is 2. The van der Waals surface area contributed by atoms with Gasteiger partial charge in [-0.1, -0.05) is 37.1 Å². The molecule has 0 spiro atoms. The Morgan fingerprint density at radius 1 is 1.04 bits per heavy atom. The summed E-state index contributed by atoms with van der Waals surface area (Å²) < 4.78 is 10.8. The average Bonchev–Trinajstić information content (AvgIpc) is 3.44. The van der Waals surface area contributed by atoms with Crippen molar-refractivity contribution in [3.8, 4) is 11.5 Å². The largest absolute Gasteiger partial charge is 0.454 e.